The summed E-state index contributed by atoms with van der Waals surface area (Å²) in [7, 11) is 0. The zero-order valence-corrected chi connectivity index (χ0v) is 13.9. The molecular weight excluding hydrogens is 294 g/mol. The number of imidazole rings is 1. The molecule has 1 saturated heterocycles. The molecule has 1 N–H and O–H groups in total. The molecule has 0 aromatic carbocycles. The molecule has 0 bridgehead atoms. The lowest BCUT2D eigenvalue weighted by Crippen LogP contribution is -2.51. The highest BCUT2D eigenvalue weighted by Gasteiger charge is 2.31. The molecule has 0 aliphatic carbocycles. The van der Waals surface area contributed by atoms with E-state index in [1.807, 2.05) is 24.9 Å². The van der Waals surface area contributed by atoms with E-state index in [9.17, 15) is 4.79 Å². The van der Waals surface area contributed by atoms with Gasteiger partial charge >= 0.3 is 0 Å². The molecule has 1 aliphatic heterocycles. The van der Waals surface area contributed by atoms with Gasteiger partial charge in [0.05, 0.1) is 18.2 Å². The molecule has 1 atom stereocenters. The van der Waals surface area contributed by atoms with Gasteiger partial charge in [-0.1, -0.05) is 12.1 Å². The molecule has 3 heterocycles. The number of aromatic amines is 1. The summed E-state index contributed by atoms with van der Waals surface area (Å²) in [6.45, 7) is 9.06. The number of carbonyl (C=O) groups excluding carboxylic acids is 1. The summed E-state index contributed by atoms with van der Waals surface area (Å²) in [6.07, 6.45) is 3.93. The Morgan fingerprint density at radius 1 is 1.43 bits per heavy atom. The Morgan fingerprint density at radius 2 is 2.26 bits per heavy atom. The predicted octanol–water partition coefficient (Wildman–Crippen LogP) is 1.46. The van der Waals surface area contributed by atoms with Crippen molar-refractivity contribution in [1.82, 2.24) is 24.9 Å². The maximum Gasteiger partial charge on any atom is 0.227 e. The maximum atomic E-state index is 12.7. The molecular formula is C16H23N5O2. The number of aryl methyl sites for hydroxylation is 2. The number of rotatable bonds is 4. The Labute approximate surface area is 135 Å². The first-order valence-electron chi connectivity index (χ1n) is 8.03. The topological polar surface area (TPSA) is 78.3 Å². The third-order valence-electron chi connectivity index (χ3n) is 4.59. The highest BCUT2D eigenvalue weighted by Crippen LogP contribution is 2.23. The molecule has 0 saturated carbocycles. The lowest BCUT2D eigenvalue weighted by molar-refractivity contribution is -0.133. The molecule has 3 rings (SSSR count). The molecule has 7 heteroatoms. The van der Waals surface area contributed by atoms with E-state index in [4.69, 9.17) is 4.52 Å². The normalized spacial score (nSPS) is 19.3. The molecule has 1 unspecified atom stereocenters. The number of likely N-dealkylation sites (N-methyl/N-ethyl adjacent to an activating group) is 1. The third-order valence-corrected chi connectivity index (χ3v) is 4.59. The number of aromatic nitrogens is 3. The minimum absolute atomic E-state index is 0.117. The van der Waals surface area contributed by atoms with Crippen LogP contribution in [0.25, 0.3) is 0 Å². The van der Waals surface area contributed by atoms with Crippen LogP contribution >= 0.6 is 0 Å². The van der Waals surface area contributed by atoms with Crippen molar-refractivity contribution in [3.8, 4) is 0 Å². The summed E-state index contributed by atoms with van der Waals surface area (Å²) in [5, 5.41) is 3.93. The smallest absolute Gasteiger partial charge is 0.227 e. The molecule has 0 spiro atoms. The monoisotopic (exact) mass is 317 g/mol. The number of nitrogens with zero attached hydrogens (tertiary/aromatic N) is 4. The molecule has 0 radical (unpaired) electrons. The zero-order chi connectivity index (χ0) is 16.4. The van der Waals surface area contributed by atoms with Crippen LogP contribution in [0.1, 0.15) is 35.8 Å². The second kappa shape index (κ2) is 6.54. The third kappa shape index (κ3) is 3.14. The average molecular weight is 317 g/mol. The van der Waals surface area contributed by atoms with Gasteiger partial charge in [-0.2, -0.15) is 0 Å². The van der Waals surface area contributed by atoms with Crippen LogP contribution in [-0.4, -0.2) is 57.0 Å². The number of hydrogen-bond acceptors (Lipinski definition) is 5. The Balaban J connectivity index is 1.72. The highest BCUT2D eigenvalue weighted by molar-refractivity contribution is 5.79. The van der Waals surface area contributed by atoms with E-state index in [2.05, 4.69) is 26.9 Å². The van der Waals surface area contributed by atoms with Crippen molar-refractivity contribution in [1.29, 1.82) is 0 Å². The van der Waals surface area contributed by atoms with Gasteiger partial charge in [0.25, 0.3) is 0 Å². The summed E-state index contributed by atoms with van der Waals surface area (Å²) in [5.74, 6) is 1.76. The van der Waals surface area contributed by atoms with Crippen molar-refractivity contribution in [3.63, 3.8) is 0 Å². The van der Waals surface area contributed by atoms with E-state index < -0.39 is 0 Å². The SMILES string of the molecule is CCN1CCN(C(=O)Cc2c(C)noc2C)CC1c1ncc[nH]1. The van der Waals surface area contributed by atoms with Gasteiger partial charge in [0.1, 0.15) is 11.6 Å². The molecule has 1 fully saturated rings. The van der Waals surface area contributed by atoms with Crippen molar-refractivity contribution >= 4 is 5.91 Å². The fourth-order valence-corrected chi connectivity index (χ4v) is 3.16. The van der Waals surface area contributed by atoms with Gasteiger partial charge in [-0.3, -0.25) is 9.69 Å². The Bertz CT molecular complexity index is 645. The van der Waals surface area contributed by atoms with Gasteiger partial charge in [-0.25, -0.2) is 4.98 Å². The van der Waals surface area contributed by atoms with Crippen LogP contribution < -0.4 is 0 Å². The summed E-state index contributed by atoms with van der Waals surface area (Å²) >= 11 is 0. The lowest BCUT2D eigenvalue weighted by Gasteiger charge is -2.40. The molecule has 1 aliphatic rings. The van der Waals surface area contributed by atoms with Crippen LogP contribution in [0.15, 0.2) is 16.9 Å². The largest absolute Gasteiger partial charge is 0.361 e. The average Bonchev–Trinajstić information content (AvgIpc) is 3.20. The highest BCUT2D eigenvalue weighted by atomic mass is 16.5. The van der Waals surface area contributed by atoms with E-state index in [0.717, 1.165) is 42.5 Å². The van der Waals surface area contributed by atoms with Gasteiger partial charge in [0, 0.05) is 37.6 Å². The molecule has 2 aromatic heterocycles. The Kier molecular flexibility index (Phi) is 4.47. The van der Waals surface area contributed by atoms with Crippen LogP contribution in [-0.2, 0) is 11.2 Å². The summed E-state index contributed by atoms with van der Waals surface area (Å²) < 4.78 is 5.15. The van der Waals surface area contributed by atoms with Gasteiger partial charge in [-0.15, -0.1) is 0 Å². The first-order chi connectivity index (χ1) is 11.1. The lowest BCUT2D eigenvalue weighted by atomic mass is 10.1. The van der Waals surface area contributed by atoms with E-state index in [-0.39, 0.29) is 11.9 Å². The van der Waals surface area contributed by atoms with Crippen molar-refractivity contribution < 1.29 is 9.32 Å². The molecule has 1 amide bonds. The van der Waals surface area contributed by atoms with Crippen molar-refractivity contribution in [2.75, 3.05) is 26.2 Å². The minimum atomic E-state index is 0.117. The molecule has 23 heavy (non-hydrogen) atoms. The number of carbonyl (C=O) groups is 1. The van der Waals surface area contributed by atoms with Crippen LogP contribution in [0.5, 0.6) is 0 Å². The van der Waals surface area contributed by atoms with Crippen LogP contribution in [0.4, 0.5) is 0 Å². The second-order valence-corrected chi connectivity index (χ2v) is 5.94. The van der Waals surface area contributed by atoms with Crippen LogP contribution in [0, 0.1) is 13.8 Å². The first-order valence-corrected chi connectivity index (χ1v) is 8.03. The first kappa shape index (κ1) is 15.7. The van der Waals surface area contributed by atoms with Crippen molar-refractivity contribution in [3.05, 3.63) is 35.2 Å². The Hall–Kier alpha value is -2.15. The van der Waals surface area contributed by atoms with Crippen molar-refractivity contribution in [2.24, 2.45) is 0 Å². The molecule has 124 valence electrons. The van der Waals surface area contributed by atoms with Gasteiger partial charge < -0.3 is 14.4 Å². The minimum Gasteiger partial charge on any atom is -0.361 e. The van der Waals surface area contributed by atoms with Crippen LogP contribution in [0.3, 0.4) is 0 Å². The van der Waals surface area contributed by atoms with E-state index >= 15 is 0 Å². The summed E-state index contributed by atoms with van der Waals surface area (Å²) in [6, 6.07) is 0.123. The fraction of sp³-hybridized carbons (Fsp3) is 0.562. The zero-order valence-electron chi connectivity index (χ0n) is 13.9. The Morgan fingerprint density at radius 3 is 2.87 bits per heavy atom. The quantitative estimate of drug-likeness (QED) is 0.924. The predicted molar refractivity (Wildman–Crippen MR) is 84.8 cm³/mol. The number of H-pyrrole nitrogens is 1. The van der Waals surface area contributed by atoms with Gasteiger partial charge in [0.2, 0.25) is 5.91 Å². The van der Waals surface area contributed by atoms with E-state index in [0.29, 0.717) is 13.0 Å². The van der Waals surface area contributed by atoms with Gasteiger partial charge in [-0.05, 0) is 20.4 Å². The number of nitrogens with one attached hydrogen (secondary N) is 1. The standard InChI is InChI=1S/C16H23N5O2/c1-4-20-7-8-21(10-14(20)16-17-5-6-18-16)15(22)9-13-11(2)19-23-12(13)3/h5-6,14H,4,7-10H2,1-3H3,(H,17,18). The van der Waals surface area contributed by atoms with Crippen LogP contribution in [0.2, 0.25) is 0 Å². The van der Waals surface area contributed by atoms with E-state index in [1.54, 1.807) is 6.20 Å². The number of amides is 1. The molecule has 7 nitrogen and oxygen atoms in total. The summed E-state index contributed by atoms with van der Waals surface area (Å²) in [4.78, 5) is 24.5. The van der Waals surface area contributed by atoms with Gasteiger partial charge in [0.15, 0.2) is 0 Å². The molecule has 2 aromatic rings. The fourth-order valence-electron chi connectivity index (χ4n) is 3.16. The number of hydrogen-bond donors (Lipinski definition) is 1. The van der Waals surface area contributed by atoms with E-state index in [1.165, 1.54) is 0 Å². The van der Waals surface area contributed by atoms with Crippen molar-refractivity contribution in [2.45, 2.75) is 33.2 Å². The maximum absolute atomic E-state index is 12.7. The summed E-state index contributed by atoms with van der Waals surface area (Å²) in [5.41, 5.74) is 1.70. The number of piperazine rings is 1. The second-order valence-electron chi connectivity index (χ2n) is 5.94.